The number of carbonyl (C=O) groups excluding carboxylic acids is 2. The molecule has 0 aromatic heterocycles. The summed E-state index contributed by atoms with van der Waals surface area (Å²) in [5.41, 5.74) is 0.561. The summed E-state index contributed by atoms with van der Waals surface area (Å²) in [7, 11) is 0. The van der Waals surface area contributed by atoms with Crippen LogP contribution >= 0.6 is 0 Å². The van der Waals surface area contributed by atoms with Gasteiger partial charge in [0.25, 0.3) is 0 Å². The molecule has 3 heteroatoms. The molecule has 1 rings (SSSR count). The van der Waals surface area contributed by atoms with Crippen LogP contribution in [0.1, 0.15) is 22.8 Å². The van der Waals surface area contributed by atoms with E-state index in [2.05, 4.69) is 11.8 Å². The zero-order valence-electron chi connectivity index (χ0n) is 7.50. The van der Waals surface area contributed by atoms with Gasteiger partial charge in [0.15, 0.2) is 12.1 Å². The van der Waals surface area contributed by atoms with Crippen LogP contribution in [-0.2, 0) is 4.79 Å². The zero-order valence-corrected chi connectivity index (χ0v) is 7.50. The highest BCUT2D eigenvalue weighted by Crippen LogP contribution is 2.10. The van der Waals surface area contributed by atoms with Crippen molar-refractivity contribution in [3.63, 3.8) is 0 Å². The molecule has 0 N–H and O–H groups in total. The van der Waals surface area contributed by atoms with Crippen LogP contribution in [0.2, 0.25) is 0 Å². The lowest BCUT2D eigenvalue weighted by atomic mass is 10.0. The average molecular weight is 190 g/mol. The first-order valence-corrected chi connectivity index (χ1v) is 3.91. The quantitative estimate of drug-likeness (QED) is 0.382. The van der Waals surface area contributed by atoms with E-state index in [0.717, 1.165) is 6.07 Å². The third-order valence-corrected chi connectivity index (χ3v) is 1.63. The molecule has 0 aliphatic heterocycles. The number of carbonyl (C=O) groups is 2. The van der Waals surface area contributed by atoms with Gasteiger partial charge in [0.1, 0.15) is 5.82 Å². The molecule has 0 aliphatic rings. The van der Waals surface area contributed by atoms with E-state index in [4.69, 9.17) is 0 Å². The van der Waals surface area contributed by atoms with Gasteiger partial charge in [-0.15, -0.1) is 0 Å². The first-order chi connectivity index (χ1) is 6.65. The lowest BCUT2D eigenvalue weighted by Gasteiger charge is -1.99. The van der Waals surface area contributed by atoms with Crippen LogP contribution in [0.3, 0.4) is 0 Å². The minimum atomic E-state index is -0.494. The Kier molecular flexibility index (Phi) is 3.14. The fraction of sp³-hybridized carbons (Fsp3) is 0.0909. The van der Waals surface area contributed by atoms with Gasteiger partial charge in [-0.25, -0.2) is 4.39 Å². The summed E-state index contributed by atoms with van der Waals surface area (Å²) in [6.45, 7) is 1.32. The van der Waals surface area contributed by atoms with Crippen LogP contribution < -0.4 is 0 Å². The SMILES string of the molecule is CC(=O)c1cc(F)ccc1C#CC=O. The van der Waals surface area contributed by atoms with Gasteiger partial charge in [0.05, 0.1) is 0 Å². The van der Waals surface area contributed by atoms with Crippen molar-refractivity contribution in [2.75, 3.05) is 0 Å². The van der Waals surface area contributed by atoms with E-state index < -0.39 is 5.82 Å². The summed E-state index contributed by atoms with van der Waals surface area (Å²) in [4.78, 5) is 21.1. The number of Topliss-reactive ketones (excluding diaryl/α,β-unsaturated/α-hetero) is 1. The number of aldehydes is 1. The summed E-state index contributed by atoms with van der Waals surface area (Å²) in [6, 6.07) is 3.68. The molecule has 2 nitrogen and oxygen atoms in total. The molecule has 70 valence electrons. The summed E-state index contributed by atoms with van der Waals surface area (Å²) in [6.07, 6.45) is 0.424. The van der Waals surface area contributed by atoms with Gasteiger partial charge < -0.3 is 0 Å². The summed E-state index contributed by atoms with van der Waals surface area (Å²) >= 11 is 0. The molecule has 0 saturated heterocycles. The predicted molar refractivity (Wildman–Crippen MR) is 49.3 cm³/mol. The van der Waals surface area contributed by atoms with Gasteiger partial charge in [-0.2, -0.15) is 0 Å². The molecule has 0 spiro atoms. The van der Waals surface area contributed by atoms with Crippen molar-refractivity contribution >= 4 is 12.1 Å². The molecule has 0 saturated carbocycles. The highest BCUT2D eigenvalue weighted by atomic mass is 19.1. The topological polar surface area (TPSA) is 34.1 Å². The maximum atomic E-state index is 12.8. The maximum Gasteiger partial charge on any atom is 0.193 e. The largest absolute Gasteiger partial charge is 0.294 e. The number of benzene rings is 1. The van der Waals surface area contributed by atoms with Crippen molar-refractivity contribution < 1.29 is 14.0 Å². The number of hydrogen-bond donors (Lipinski definition) is 0. The van der Waals surface area contributed by atoms with Gasteiger partial charge >= 0.3 is 0 Å². The normalized spacial score (nSPS) is 8.71. The van der Waals surface area contributed by atoms with E-state index in [1.165, 1.54) is 19.1 Å². The highest BCUT2D eigenvalue weighted by molar-refractivity contribution is 5.96. The number of halogens is 1. The number of hydrogen-bond acceptors (Lipinski definition) is 2. The Hall–Kier alpha value is -1.95. The monoisotopic (exact) mass is 190 g/mol. The molecule has 0 heterocycles. The fourth-order valence-corrected chi connectivity index (χ4v) is 1.02. The first kappa shape index (κ1) is 10.1. The van der Waals surface area contributed by atoms with Gasteiger partial charge in [0.2, 0.25) is 0 Å². The Morgan fingerprint density at radius 1 is 1.50 bits per heavy atom. The number of ketones is 1. The highest BCUT2D eigenvalue weighted by Gasteiger charge is 2.06. The Bertz CT molecular complexity index is 438. The molecule has 0 bridgehead atoms. The van der Waals surface area contributed by atoms with E-state index in [0.29, 0.717) is 11.8 Å². The average Bonchev–Trinajstić information content (AvgIpc) is 2.15. The van der Waals surface area contributed by atoms with Crippen LogP contribution in [0.5, 0.6) is 0 Å². The number of rotatable bonds is 1. The van der Waals surface area contributed by atoms with Crippen LogP contribution in [0.15, 0.2) is 18.2 Å². The molecule has 0 aliphatic carbocycles. The zero-order chi connectivity index (χ0) is 10.6. The molecule has 0 amide bonds. The Balaban J connectivity index is 3.28. The predicted octanol–water partition coefficient (Wildman–Crippen LogP) is 1.58. The summed E-state index contributed by atoms with van der Waals surface area (Å²) in [5, 5.41) is 0. The minimum absolute atomic E-state index is 0.194. The van der Waals surface area contributed by atoms with Gasteiger partial charge in [0, 0.05) is 11.1 Å². The summed E-state index contributed by atoms with van der Waals surface area (Å²) in [5.74, 6) is 3.87. The lowest BCUT2D eigenvalue weighted by molar-refractivity contribution is -0.103. The van der Waals surface area contributed by atoms with Gasteiger partial charge in [-0.1, -0.05) is 5.92 Å². The molecule has 1 aromatic carbocycles. The van der Waals surface area contributed by atoms with E-state index >= 15 is 0 Å². The van der Waals surface area contributed by atoms with Crippen molar-refractivity contribution in [1.82, 2.24) is 0 Å². The molecular formula is C11H7FO2. The molecule has 0 atom stereocenters. The van der Waals surface area contributed by atoms with Crippen LogP contribution in [-0.4, -0.2) is 12.1 Å². The third kappa shape index (κ3) is 2.27. The van der Waals surface area contributed by atoms with Crippen molar-refractivity contribution in [3.8, 4) is 11.8 Å². The van der Waals surface area contributed by atoms with Crippen LogP contribution in [0.25, 0.3) is 0 Å². The Morgan fingerprint density at radius 2 is 2.21 bits per heavy atom. The van der Waals surface area contributed by atoms with E-state index in [9.17, 15) is 14.0 Å². The molecular weight excluding hydrogens is 183 g/mol. The molecule has 0 fully saturated rings. The lowest BCUT2D eigenvalue weighted by Crippen LogP contribution is -1.97. The van der Waals surface area contributed by atoms with Crippen molar-refractivity contribution in [2.45, 2.75) is 6.92 Å². The molecule has 14 heavy (non-hydrogen) atoms. The van der Waals surface area contributed by atoms with Gasteiger partial charge in [-0.05, 0) is 31.0 Å². The minimum Gasteiger partial charge on any atom is -0.294 e. The summed E-state index contributed by atoms with van der Waals surface area (Å²) < 4.78 is 12.8. The standard InChI is InChI=1S/C11H7FO2/c1-8(14)11-7-10(12)5-4-9(11)3-2-6-13/h4-7H,1H3. The molecule has 1 aromatic rings. The van der Waals surface area contributed by atoms with Crippen molar-refractivity contribution in [3.05, 3.63) is 35.1 Å². The smallest absolute Gasteiger partial charge is 0.193 e. The van der Waals surface area contributed by atoms with E-state index in [1.807, 2.05) is 0 Å². The Morgan fingerprint density at radius 3 is 2.79 bits per heavy atom. The molecule has 0 unspecified atom stereocenters. The van der Waals surface area contributed by atoms with Crippen molar-refractivity contribution in [2.24, 2.45) is 0 Å². The van der Waals surface area contributed by atoms with Crippen molar-refractivity contribution in [1.29, 1.82) is 0 Å². The van der Waals surface area contributed by atoms with E-state index in [-0.39, 0.29) is 11.3 Å². The Labute approximate surface area is 80.7 Å². The van der Waals surface area contributed by atoms with E-state index in [1.54, 1.807) is 0 Å². The second-order valence-corrected chi connectivity index (χ2v) is 2.63. The maximum absolute atomic E-state index is 12.8. The fourth-order valence-electron chi connectivity index (χ4n) is 1.02. The van der Waals surface area contributed by atoms with Crippen LogP contribution in [0, 0.1) is 17.7 Å². The second-order valence-electron chi connectivity index (χ2n) is 2.63. The second kappa shape index (κ2) is 4.33. The molecule has 0 radical (unpaired) electrons. The third-order valence-electron chi connectivity index (χ3n) is 1.63. The van der Waals surface area contributed by atoms with Gasteiger partial charge in [-0.3, -0.25) is 9.59 Å². The first-order valence-electron chi connectivity index (χ1n) is 3.91. The van der Waals surface area contributed by atoms with Crippen LogP contribution in [0.4, 0.5) is 4.39 Å².